The molecule has 1 aliphatic rings. The molecule has 0 bridgehead atoms. The Kier molecular flexibility index (Phi) is 1.81. The van der Waals surface area contributed by atoms with Crippen LogP contribution in [0.4, 0.5) is 0 Å². The molecule has 1 atom stereocenters. The van der Waals surface area contributed by atoms with Gasteiger partial charge in [-0.25, -0.2) is 4.31 Å². The summed E-state index contributed by atoms with van der Waals surface area (Å²) in [5.41, 5.74) is 0. The zero-order valence-corrected chi connectivity index (χ0v) is 5.65. The summed E-state index contributed by atoms with van der Waals surface area (Å²) in [6.07, 6.45) is 3.82. The molecule has 0 aromatic heterocycles. The van der Waals surface area contributed by atoms with E-state index in [-0.39, 0.29) is 0 Å². The molecule has 0 fully saturated rings. The lowest BCUT2D eigenvalue weighted by atomic mass is 10.6. The van der Waals surface area contributed by atoms with Crippen LogP contribution in [0.25, 0.3) is 0 Å². The van der Waals surface area contributed by atoms with E-state index in [2.05, 4.69) is 0 Å². The number of nitrogens with zero attached hydrogens (tertiary/aromatic N) is 1. The summed E-state index contributed by atoms with van der Waals surface area (Å²) in [5.74, 6) is 0.702. The first kappa shape index (κ1) is 5.98. The largest absolute Gasteiger partial charge is 0.593 e. The zero-order chi connectivity index (χ0) is 5.98. The molecule has 0 amide bonds. The molecule has 1 aliphatic heterocycles. The molecule has 0 aromatic rings. The molecular weight excluding hydrogens is 122 g/mol. The molecule has 46 valence electrons. The van der Waals surface area contributed by atoms with Crippen LogP contribution >= 0.6 is 0 Å². The Balaban J connectivity index is 2.41. The lowest BCUT2D eigenvalue weighted by Gasteiger charge is -2.14. The van der Waals surface area contributed by atoms with E-state index in [0.29, 0.717) is 5.75 Å². The van der Waals surface area contributed by atoms with Crippen molar-refractivity contribution >= 4 is 11.4 Å². The Labute approximate surface area is 52.5 Å². The first-order valence-electron chi connectivity index (χ1n) is 2.66. The molecule has 1 unspecified atom stereocenters. The molecule has 0 aliphatic carbocycles. The second kappa shape index (κ2) is 2.42. The molecule has 0 radical (unpaired) electrons. The highest BCUT2D eigenvalue weighted by atomic mass is 32.2. The molecular formula is C5H9NOS. The van der Waals surface area contributed by atoms with Crippen molar-refractivity contribution in [3.8, 4) is 0 Å². The van der Waals surface area contributed by atoms with Gasteiger partial charge < -0.3 is 4.55 Å². The van der Waals surface area contributed by atoms with Gasteiger partial charge in [0.15, 0.2) is 5.75 Å². The maximum Gasteiger partial charge on any atom is 0.151 e. The third kappa shape index (κ3) is 0.980. The molecule has 0 saturated carbocycles. The van der Waals surface area contributed by atoms with Crippen LogP contribution < -0.4 is 0 Å². The van der Waals surface area contributed by atoms with Crippen LogP contribution in [0.5, 0.6) is 0 Å². The van der Waals surface area contributed by atoms with E-state index in [1.165, 1.54) is 0 Å². The molecule has 0 saturated heterocycles. The summed E-state index contributed by atoms with van der Waals surface area (Å²) in [7, 11) is 0. The van der Waals surface area contributed by atoms with Crippen LogP contribution in [0.1, 0.15) is 6.92 Å². The predicted octanol–water partition coefficient (Wildman–Crippen LogP) is 0.499. The minimum Gasteiger partial charge on any atom is -0.593 e. The molecule has 2 nitrogen and oxygen atoms in total. The zero-order valence-electron chi connectivity index (χ0n) is 4.83. The average molecular weight is 131 g/mol. The van der Waals surface area contributed by atoms with Gasteiger partial charge >= 0.3 is 0 Å². The topological polar surface area (TPSA) is 26.3 Å². The molecule has 0 aromatic carbocycles. The Morgan fingerprint density at radius 2 is 2.62 bits per heavy atom. The molecule has 0 N–H and O–H groups in total. The van der Waals surface area contributed by atoms with E-state index in [1.54, 1.807) is 0 Å². The predicted molar refractivity (Wildman–Crippen MR) is 34.5 cm³/mol. The Hall–Kier alpha value is -0.150. The van der Waals surface area contributed by atoms with E-state index in [0.717, 1.165) is 6.54 Å². The van der Waals surface area contributed by atoms with Crippen LogP contribution in [-0.2, 0) is 11.4 Å². The Morgan fingerprint density at radius 3 is 2.88 bits per heavy atom. The fourth-order valence-electron chi connectivity index (χ4n) is 0.656. The highest BCUT2D eigenvalue weighted by Crippen LogP contribution is 2.08. The van der Waals surface area contributed by atoms with Gasteiger partial charge in [0, 0.05) is 6.20 Å². The van der Waals surface area contributed by atoms with Crippen LogP contribution in [0.15, 0.2) is 12.3 Å². The molecule has 1 rings (SSSR count). The second-order valence-electron chi connectivity index (χ2n) is 1.61. The van der Waals surface area contributed by atoms with Crippen molar-refractivity contribution in [2.24, 2.45) is 0 Å². The van der Waals surface area contributed by atoms with Gasteiger partial charge in [-0.1, -0.05) is 0 Å². The molecule has 0 spiro atoms. The highest BCUT2D eigenvalue weighted by molar-refractivity contribution is 7.89. The van der Waals surface area contributed by atoms with Crippen LogP contribution in [0.2, 0.25) is 0 Å². The van der Waals surface area contributed by atoms with Crippen molar-refractivity contribution in [1.82, 2.24) is 4.31 Å². The van der Waals surface area contributed by atoms with Crippen molar-refractivity contribution in [3.63, 3.8) is 0 Å². The minimum absolute atomic E-state index is 0.702. The summed E-state index contributed by atoms with van der Waals surface area (Å²) in [5, 5.41) is 0. The van der Waals surface area contributed by atoms with Gasteiger partial charge in [-0.3, -0.25) is 0 Å². The smallest absolute Gasteiger partial charge is 0.151 e. The minimum atomic E-state index is -0.738. The van der Waals surface area contributed by atoms with E-state index in [1.807, 2.05) is 23.5 Å². The van der Waals surface area contributed by atoms with Gasteiger partial charge in [0.05, 0.1) is 17.9 Å². The molecule has 8 heavy (non-hydrogen) atoms. The molecule has 1 heterocycles. The van der Waals surface area contributed by atoms with E-state index in [4.69, 9.17) is 0 Å². The molecule has 3 heteroatoms. The summed E-state index contributed by atoms with van der Waals surface area (Å²) < 4.78 is 12.6. The van der Waals surface area contributed by atoms with Crippen molar-refractivity contribution < 1.29 is 4.55 Å². The third-order valence-electron chi connectivity index (χ3n) is 1.08. The van der Waals surface area contributed by atoms with Gasteiger partial charge in [0.25, 0.3) is 0 Å². The second-order valence-corrected chi connectivity index (χ2v) is 3.05. The SMILES string of the molecule is CCN1C=CC[S+]1[O-]. The van der Waals surface area contributed by atoms with Crippen molar-refractivity contribution in [1.29, 1.82) is 0 Å². The average Bonchev–Trinajstić information content (AvgIpc) is 2.14. The summed E-state index contributed by atoms with van der Waals surface area (Å²) >= 11 is -0.738. The number of hydrogen-bond donors (Lipinski definition) is 0. The normalized spacial score (nSPS) is 27.2. The maximum absolute atomic E-state index is 10.8. The summed E-state index contributed by atoms with van der Waals surface area (Å²) in [6.45, 7) is 2.84. The van der Waals surface area contributed by atoms with E-state index >= 15 is 0 Å². The van der Waals surface area contributed by atoms with Crippen LogP contribution in [0.3, 0.4) is 0 Å². The lowest BCUT2D eigenvalue weighted by Crippen LogP contribution is -2.22. The Morgan fingerprint density at radius 1 is 1.88 bits per heavy atom. The van der Waals surface area contributed by atoms with Gasteiger partial charge in [0.1, 0.15) is 0 Å². The van der Waals surface area contributed by atoms with Gasteiger partial charge in [-0.15, -0.1) is 0 Å². The van der Waals surface area contributed by atoms with E-state index < -0.39 is 11.4 Å². The van der Waals surface area contributed by atoms with Gasteiger partial charge in [-0.2, -0.15) is 0 Å². The fraction of sp³-hybridized carbons (Fsp3) is 0.600. The summed E-state index contributed by atoms with van der Waals surface area (Å²) in [4.78, 5) is 0. The maximum atomic E-state index is 10.8. The van der Waals surface area contributed by atoms with Crippen molar-refractivity contribution in [2.75, 3.05) is 12.3 Å². The van der Waals surface area contributed by atoms with Crippen LogP contribution in [-0.4, -0.2) is 21.2 Å². The quantitative estimate of drug-likeness (QED) is 0.484. The number of hydrogen-bond acceptors (Lipinski definition) is 2. The first-order valence-corrected chi connectivity index (χ1v) is 3.94. The standard InChI is InChI=1S/C5H9NOS/c1-2-6-4-3-5-8(6)7/h3-4H,2,5H2,1H3. The van der Waals surface area contributed by atoms with Gasteiger partial charge in [-0.05, 0) is 13.0 Å². The lowest BCUT2D eigenvalue weighted by molar-refractivity contribution is 0.522. The van der Waals surface area contributed by atoms with Crippen molar-refractivity contribution in [2.45, 2.75) is 6.92 Å². The Bertz CT molecular complexity index is 105. The summed E-state index contributed by atoms with van der Waals surface area (Å²) in [6, 6.07) is 0. The number of rotatable bonds is 1. The first-order chi connectivity index (χ1) is 3.84. The van der Waals surface area contributed by atoms with Crippen molar-refractivity contribution in [3.05, 3.63) is 12.3 Å². The van der Waals surface area contributed by atoms with E-state index in [9.17, 15) is 4.55 Å². The van der Waals surface area contributed by atoms with Gasteiger partial charge in [0.2, 0.25) is 0 Å². The van der Waals surface area contributed by atoms with Crippen LogP contribution in [0, 0.1) is 0 Å². The fourth-order valence-corrected chi connectivity index (χ4v) is 1.61. The highest BCUT2D eigenvalue weighted by Gasteiger charge is 2.16. The third-order valence-corrected chi connectivity index (χ3v) is 2.46. The monoisotopic (exact) mass is 131 g/mol.